The van der Waals surface area contributed by atoms with Gasteiger partial charge in [-0.1, -0.05) is 12.1 Å². The van der Waals surface area contributed by atoms with E-state index in [1.807, 2.05) is 0 Å². The monoisotopic (exact) mass is 271 g/mol. The van der Waals surface area contributed by atoms with Crippen molar-refractivity contribution in [2.45, 2.75) is 0 Å². The van der Waals surface area contributed by atoms with Gasteiger partial charge in [-0.25, -0.2) is 4.39 Å². The highest BCUT2D eigenvalue weighted by Crippen LogP contribution is 2.30. The van der Waals surface area contributed by atoms with Crippen LogP contribution in [-0.4, -0.2) is 23.3 Å². The van der Waals surface area contributed by atoms with E-state index < -0.39 is 11.6 Å². The van der Waals surface area contributed by atoms with Crippen molar-refractivity contribution in [3.8, 4) is 5.75 Å². The predicted octanol–water partition coefficient (Wildman–Crippen LogP) is 2.66. The maximum Gasteiger partial charge on any atom is 0.273 e. The minimum absolute atomic E-state index is 0.0350. The summed E-state index contributed by atoms with van der Waals surface area (Å²) in [5, 5.41) is 12.2. The van der Waals surface area contributed by atoms with E-state index in [9.17, 15) is 14.4 Å². The molecule has 1 aliphatic heterocycles. The molecule has 0 spiro atoms. The van der Waals surface area contributed by atoms with Crippen LogP contribution in [0.4, 0.5) is 10.1 Å². The molecule has 0 aliphatic carbocycles. The number of Topliss-reactive ketones (excluding diaryl/α,β-unsaturated/α-hetero) is 1. The second-order valence-corrected chi connectivity index (χ2v) is 4.34. The quantitative estimate of drug-likeness (QED) is 0.623. The Bertz CT molecular complexity index is 753. The molecule has 100 valence electrons. The first-order valence-corrected chi connectivity index (χ1v) is 5.95. The lowest BCUT2D eigenvalue weighted by Crippen LogP contribution is -2.17. The van der Waals surface area contributed by atoms with Gasteiger partial charge in [0, 0.05) is 6.07 Å². The lowest BCUT2D eigenvalue weighted by molar-refractivity contribution is -0.355. The first-order chi connectivity index (χ1) is 9.63. The van der Waals surface area contributed by atoms with E-state index in [4.69, 9.17) is 4.74 Å². The van der Waals surface area contributed by atoms with Crippen molar-refractivity contribution < 1.29 is 18.7 Å². The zero-order valence-electron chi connectivity index (χ0n) is 10.6. The molecule has 0 radical (unpaired) electrons. The summed E-state index contributed by atoms with van der Waals surface area (Å²) >= 11 is 0. The number of ether oxygens (including phenoxy) is 1. The molecular weight excluding hydrogens is 261 g/mol. The highest BCUT2D eigenvalue weighted by Gasteiger charge is 2.39. The molecule has 0 fully saturated rings. The summed E-state index contributed by atoms with van der Waals surface area (Å²) in [5.41, 5.74) is 0.164. The smallest absolute Gasteiger partial charge is 0.273 e. The molecule has 1 aliphatic rings. The van der Waals surface area contributed by atoms with E-state index >= 15 is 0 Å². The number of ketones is 1. The summed E-state index contributed by atoms with van der Waals surface area (Å²) in [6.07, 6.45) is 0. The third kappa shape index (κ3) is 1.67. The van der Waals surface area contributed by atoms with Gasteiger partial charge in [-0.2, -0.15) is 4.74 Å². The van der Waals surface area contributed by atoms with E-state index in [2.05, 4.69) is 0 Å². The molecule has 0 aromatic heterocycles. The van der Waals surface area contributed by atoms with Crippen molar-refractivity contribution in [3.63, 3.8) is 0 Å². The van der Waals surface area contributed by atoms with Crippen LogP contribution in [0.15, 0.2) is 42.5 Å². The Morgan fingerprint density at radius 3 is 2.65 bits per heavy atom. The Morgan fingerprint density at radius 1 is 1.20 bits per heavy atom. The second kappa shape index (κ2) is 4.45. The predicted molar refractivity (Wildman–Crippen MR) is 71.1 cm³/mol. The van der Waals surface area contributed by atoms with Crippen molar-refractivity contribution in [1.82, 2.24) is 0 Å². The normalized spacial score (nSPS) is 13.6. The average molecular weight is 271 g/mol. The van der Waals surface area contributed by atoms with E-state index in [1.54, 1.807) is 24.3 Å². The maximum absolute atomic E-state index is 13.7. The summed E-state index contributed by atoms with van der Waals surface area (Å²) in [4.78, 5) is 12.3. The standard InChI is InChI=1S/C15H10FNO3/c1-20-10-5-2-4-9(8-10)14-15(18)13-11(16)6-3-7-12(13)17(14)19/h2-8H,1H3. The summed E-state index contributed by atoms with van der Waals surface area (Å²) in [6.45, 7) is 0. The van der Waals surface area contributed by atoms with E-state index in [-0.39, 0.29) is 17.0 Å². The van der Waals surface area contributed by atoms with Crippen LogP contribution in [0.1, 0.15) is 15.9 Å². The van der Waals surface area contributed by atoms with Gasteiger partial charge < -0.3 is 9.94 Å². The van der Waals surface area contributed by atoms with Crippen LogP contribution in [0.2, 0.25) is 0 Å². The molecule has 0 atom stereocenters. The fourth-order valence-corrected chi connectivity index (χ4v) is 2.26. The molecule has 5 heteroatoms. The summed E-state index contributed by atoms with van der Waals surface area (Å²) in [6, 6.07) is 10.6. The molecule has 0 saturated carbocycles. The van der Waals surface area contributed by atoms with Crippen molar-refractivity contribution in [3.05, 3.63) is 64.6 Å². The Balaban J connectivity index is 2.19. The highest BCUT2D eigenvalue weighted by molar-refractivity contribution is 6.52. The summed E-state index contributed by atoms with van der Waals surface area (Å²) in [7, 11) is 1.49. The van der Waals surface area contributed by atoms with E-state index in [1.165, 1.54) is 25.3 Å². The lowest BCUT2D eigenvalue weighted by atomic mass is 10.0. The van der Waals surface area contributed by atoms with Gasteiger partial charge in [0.05, 0.1) is 12.7 Å². The molecule has 2 aromatic carbocycles. The van der Waals surface area contributed by atoms with Crippen LogP contribution in [-0.2, 0) is 0 Å². The van der Waals surface area contributed by atoms with Crippen LogP contribution in [0.5, 0.6) is 5.75 Å². The van der Waals surface area contributed by atoms with Crippen molar-refractivity contribution >= 4 is 17.2 Å². The number of carbonyl (C=O) groups excluding carboxylic acids is 1. The molecule has 1 heterocycles. The number of hydrogen-bond acceptors (Lipinski definition) is 3. The van der Waals surface area contributed by atoms with E-state index in [0.717, 1.165) is 0 Å². The molecular formula is C15H10FNO3. The lowest BCUT2D eigenvalue weighted by Gasteiger charge is -2.03. The van der Waals surface area contributed by atoms with Crippen LogP contribution < -0.4 is 4.74 Å². The largest absolute Gasteiger partial charge is 0.618 e. The fraction of sp³-hybridized carbons (Fsp3) is 0.0667. The summed E-state index contributed by atoms with van der Waals surface area (Å²) < 4.78 is 19.3. The number of nitrogens with zero attached hydrogens (tertiary/aromatic N) is 1. The number of benzene rings is 2. The molecule has 0 bridgehead atoms. The molecule has 0 N–H and O–H groups in total. The Kier molecular flexibility index (Phi) is 2.75. The van der Waals surface area contributed by atoms with Gasteiger partial charge in [-0.3, -0.25) is 4.79 Å². The number of methoxy groups -OCH3 is 1. The van der Waals surface area contributed by atoms with Crippen molar-refractivity contribution in [2.75, 3.05) is 7.11 Å². The molecule has 2 aromatic rings. The van der Waals surface area contributed by atoms with Crippen LogP contribution >= 0.6 is 0 Å². The van der Waals surface area contributed by atoms with Gasteiger partial charge in [-0.05, 0) is 24.3 Å². The van der Waals surface area contributed by atoms with Crippen molar-refractivity contribution in [1.29, 1.82) is 0 Å². The minimum atomic E-state index is -0.689. The molecule has 0 amide bonds. The number of hydrogen-bond donors (Lipinski definition) is 0. The Hall–Kier alpha value is -2.69. The van der Waals surface area contributed by atoms with Gasteiger partial charge in [0.25, 0.3) is 11.5 Å². The molecule has 20 heavy (non-hydrogen) atoms. The van der Waals surface area contributed by atoms with Crippen molar-refractivity contribution in [2.24, 2.45) is 0 Å². The van der Waals surface area contributed by atoms with E-state index in [0.29, 0.717) is 16.1 Å². The SMILES string of the molecule is COc1cccc(C2=[N+]([O-])c3cccc(F)c3C2=O)c1. The number of fused-ring (bicyclic) bond motifs is 1. The molecule has 0 saturated heterocycles. The Labute approximate surface area is 114 Å². The number of halogens is 1. The third-order valence-corrected chi connectivity index (χ3v) is 3.20. The first kappa shape index (κ1) is 12.3. The third-order valence-electron chi connectivity index (χ3n) is 3.20. The fourth-order valence-electron chi connectivity index (χ4n) is 2.26. The van der Waals surface area contributed by atoms with Gasteiger partial charge in [0.2, 0.25) is 5.69 Å². The zero-order valence-corrected chi connectivity index (χ0v) is 10.6. The number of rotatable bonds is 2. The maximum atomic E-state index is 13.7. The minimum Gasteiger partial charge on any atom is -0.618 e. The van der Waals surface area contributed by atoms with Gasteiger partial charge in [0.15, 0.2) is 0 Å². The molecule has 3 rings (SSSR count). The number of carbonyl (C=O) groups is 1. The van der Waals surface area contributed by atoms with Gasteiger partial charge in [0.1, 0.15) is 17.1 Å². The summed E-state index contributed by atoms with van der Waals surface area (Å²) in [5.74, 6) is -0.778. The first-order valence-electron chi connectivity index (χ1n) is 5.95. The van der Waals surface area contributed by atoms with Crippen LogP contribution in [0, 0.1) is 11.0 Å². The topological polar surface area (TPSA) is 52.4 Å². The highest BCUT2D eigenvalue weighted by atomic mass is 19.1. The van der Waals surface area contributed by atoms with Gasteiger partial charge >= 0.3 is 0 Å². The van der Waals surface area contributed by atoms with Crippen LogP contribution in [0.25, 0.3) is 0 Å². The Morgan fingerprint density at radius 2 is 1.95 bits per heavy atom. The van der Waals surface area contributed by atoms with Crippen LogP contribution in [0.3, 0.4) is 0 Å². The zero-order chi connectivity index (χ0) is 14.3. The molecule has 0 unspecified atom stereocenters. The molecule has 4 nitrogen and oxygen atoms in total. The average Bonchev–Trinajstić information content (AvgIpc) is 2.72. The van der Waals surface area contributed by atoms with Gasteiger partial charge in [-0.15, -0.1) is 0 Å². The second-order valence-electron chi connectivity index (χ2n) is 4.34.